The lowest BCUT2D eigenvalue weighted by Crippen LogP contribution is -2.45. The summed E-state index contributed by atoms with van der Waals surface area (Å²) in [7, 11) is 1.47. The SMILES string of the molecule is CNC(=O)N(Cc1ccc(Cl)c(Cl)c1)C(=N)N.Cl. The Hall–Kier alpha value is -1.17. The topological polar surface area (TPSA) is 82.2 Å². The van der Waals surface area contributed by atoms with Crippen LogP contribution in [0, 0.1) is 5.41 Å². The second-order valence-corrected chi connectivity index (χ2v) is 4.09. The summed E-state index contributed by atoms with van der Waals surface area (Å²) in [4.78, 5) is 12.5. The minimum absolute atomic E-state index is 0. The zero-order valence-electron chi connectivity index (χ0n) is 9.54. The molecule has 1 aromatic rings. The highest BCUT2D eigenvalue weighted by atomic mass is 35.5. The van der Waals surface area contributed by atoms with Crippen LogP contribution >= 0.6 is 35.6 Å². The lowest BCUT2D eigenvalue weighted by atomic mass is 10.2. The molecule has 8 heteroatoms. The van der Waals surface area contributed by atoms with Crippen molar-refractivity contribution in [1.82, 2.24) is 10.2 Å². The summed E-state index contributed by atoms with van der Waals surface area (Å²) in [6.07, 6.45) is 0. The van der Waals surface area contributed by atoms with Crippen molar-refractivity contribution in [2.45, 2.75) is 6.54 Å². The Morgan fingerprint density at radius 2 is 2.06 bits per heavy atom. The first-order valence-electron chi connectivity index (χ1n) is 4.73. The fourth-order valence-electron chi connectivity index (χ4n) is 1.22. The molecule has 0 fully saturated rings. The maximum atomic E-state index is 11.4. The molecule has 0 saturated carbocycles. The lowest BCUT2D eigenvalue weighted by Gasteiger charge is -2.20. The van der Waals surface area contributed by atoms with Gasteiger partial charge < -0.3 is 11.1 Å². The van der Waals surface area contributed by atoms with E-state index >= 15 is 0 Å². The fourth-order valence-corrected chi connectivity index (χ4v) is 1.54. The molecule has 0 atom stereocenters. The molecule has 0 spiro atoms. The Bertz CT molecular complexity index is 453. The normalized spacial score (nSPS) is 9.28. The summed E-state index contributed by atoms with van der Waals surface area (Å²) in [5.74, 6) is -0.338. The highest BCUT2D eigenvalue weighted by molar-refractivity contribution is 6.42. The molecule has 0 aromatic heterocycles. The number of urea groups is 1. The van der Waals surface area contributed by atoms with Crippen molar-refractivity contribution in [3.05, 3.63) is 33.8 Å². The van der Waals surface area contributed by atoms with Crippen molar-refractivity contribution in [3.8, 4) is 0 Å². The van der Waals surface area contributed by atoms with Gasteiger partial charge in [-0.05, 0) is 17.7 Å². The van der Waals surface area contributed by atoms with E-state index in [-0.39, 0.29) is 24.9 Å². The Kier molecular flexibility index (Phi) is 6.83. The number of carbonyl (C=O) groups is 1. The van der Waals surface area contributed by atoms with Crippen molar-refractivity contribution < 1.29 is 4.79 Å². The molecule has 1 rings (SSSR count). The number of guanidine groups is 1. The summed E-state index contributed by atoms with van der Waals surface area (Å²) in [5.41, 5.74) is 6.05. The van der Waals surface area contributed by atoms with Crippen LogP contribution < -0.4 is 11.1 Å². The van der Waals surface area contributed by atoms with Gasteiger partial charge >= 0.3 is 6.03 Å². The van der Waals surface area contributed by atoms with Gasteiger partial charge in [0.05, 0.1) is 16.6 Å². The molecule has 5 nitrogen and oxygen atoms in total. The number of nitrogens with zero attached hydrogens (tertiary/aromatic N) is 1. The molecule has 0 aliphatic rings. The zero-order valence-corrected chi connectivity index (χ0v) is 11.9. The number of amides is 2. The van der Waals surface area contributed by atoms with Crippen LogP contribution in [0.2, 0.25) is 10.0 Å². The highest BCUT2D eigenvalue weighted by Crippen LogP contribution is 2.23. The Morgan fingerprint density at radius 3 is 2.50 bits per heavy atom. The van der Waals surface area contributed by atoms with Crippen LogP contribution in [-0.2, 0) is 6.54 Å². The summed E-state index contributed by atoms with van der Waals surface area (Å²) >= 11 is 11.6. The van der Waals surface area contributed by atoms with Crippen molar-refractivity contribution in [2.75, 3.05) is 7.05 Å². The van der Waals surface area contributed by atoms with E-state index in [0.717, 1.165) is 10.5 Å². The van der Waals surface area contributed by atoms with Gasteiger partial charge in [-0.25, -0.2) is 4.79 Å². The summed E-state index contributed by atoms with van der Waals surface area (Å²) in [6, 6.07) is 4.51. The average Bonchev–Trinajstić information content (AvgIpc) is 2.29. The number of benzene rings is 1. The fraction of sp³-hybridized carbons (Fsp3) is 0.200. The van der Waals surface area contributed by atoms with Gasteiger partial charge in [-0.2, -0.15) is 0 Å². The van der Waals surface area contributed by atoms with E-state index in [4.69, 9.17) is 34.3 Å². The standard InChI is InChI=1S/C10H12Cl2N4O.ClH/c1-15-10(17)16(9(13)14)5-6-2-3-7(11)8(12)4-6;/h2-4H,5H2,1H3,(H3,13,14)(H,15,17);1H. The summed E-state index contributed by atoms with van der Waals surface area (Å²) in [5, 5.41) is 10.5. The van der Waals surface area contributed by atoms with Gasteiger partial charge in [0.15, 0.2) is 5.96 Å². The first-order valence-corrected chi connectivity index (χ1v) is 5.48. The number of hydrogen-bond acceptors (Lipinski definition) is 2. The highest BCUT2D eigenvalue weighted by Gasteiger charge is 2.15. The van der Waals surface area contributed by atoms with E-state index in [1.807, 2.05) is 0 Å². The van der Waals surface area contributed by atoms with Crippen molar-refractivity contribution in [1.29, 1.82) is 5.41 Å². The first kappa shape index (κ1) is 16.8. The number of halogens is 3. The van der Waals surface area contributed by atoms with Crippen LogP contribution in [0.15, 0.2) is 18.2 Å². The molecule has 100 valence electrons. The molecule has 0 aliphatic heterocycles. The maximum Gasteiger partial charge on any atom is 0.324 e. The second kappa shape index (κ2) is 7.31. The third kappa shape index (κ3) is 4.25. The van der Waals surface area contributed by atoms with Crippen LogP contribution in [0.25, 0.3) is 0 Å². The Labute approximate surface area is 121 Å². The molecule has 0 aliphatic carbocycles. The van der Waals surface area contributed by atoms with Crippen LogP contribution in [0.4, 0.5) is 4.79 Å². The minimum Gasteiger partial charge on any atom is -0.370 e. The number of carbonyl (C=O) groups excluding carboxylic acids is 1. The molecular weight excluding hydrogens is 298 g/mol. The zero-order chi connectivity index (χ0) is 13.0. The summed E-state index contributed by atoms with van der Waals surface area (Å²) in [6.45, 7) is 0.159. The number of nitrogens with one attached hydrogen (secondary N) is 2. The largest absolute Gasteiger partial charge is 0.370 e. The average molecular weight is 312 g/mol. The third-order valence-electron chi connectivity index (χ3n) is 2.07. The van der Waals surface area contributed by atoms with E-state index in [2.05, 4.69) is 5.32 Å². The van der Waals surface area contributed by atoms with Gasteiger partial charge in [0.1, 0.15) is 0 Å². The van der Waals surface area contributed by atoms with E-state index in [1.165, 1.54) is 7.05 Å². The van der Waals surface area contributed by atoms with Gasteiger partial charge in [-0.3, -0.25) is 10.3 Å². The molecule has 0 unspecified atom stereocenters. The van der Waals surface area contributed by atoms with Gasteiger partial charge in [0, 0.05) is 7.05 Å². The number of hydrogen-bond donors (Lipinski definition) is 3. The lowest BCUT2D eigenvalue weighted by molar-refractivity contribution is 0.221. The molecular formula is C10H13Cl3N4O. The molecule has 1 aromatic carbocycles. The number of nitrogens with two attached hydrogens (primary N) is 1. The Morgan fingerprint density at radius 1 is 1.44 bits per heavy atom. The molecule has 0 heterocycles. The maximum absolute atomic E-state index is 11.4. The monoisotopic (exact) mass is 310 g/mol. The molecule has 18 heavy (non-hydrogen) atoms. The minimum atomic E-state index is -0.455. The van der Waals surface area contributed by atoms with Crippen LogP contribution in [0.5, 0.6) is 0 Å². The van der Waals surface area contributed by atoms with Gasteiger partial charge in [0.2, 0.25) is 0 Å². The van der Waals surface area contributed by atoms with Crippen LogP contribution in [0.1, 0.15) is 5.56 Å². The van der Waals surface area contributed by atoms with Crippen LogP contribution in [-0.4, -0.2) is 23.9 Å². The molecule has 2 amide bonds. The van der Waals surface area contributed by atoms with Gasteiger partial charge in [-0.1, -0.05) is 29.3 Å². The quantitative estimate of drug-likeness (QED) is 0.579. The van der Waals surface area contributed by atoms with Crippen molar-refractivity contribution in [3.63, 3.8) is 0 Å². The van der Waals surface area contributed by atoms with Crippen molar-refractivity contribution in [2.24, 2.45) is 5.73 Å². The number of rotatable bonds is 2. The van der Waals surface area contributed by atoms with E-state index < -0.39 is 6.03 Å². The van der Waals surface area contributed by atoms with Crippen LogP contribution in [0.3, 0.4) is 0 Å². The smallest absolute Gasteiger partial charge is 0.324 e. The predicted octanol–water partition coefficient (Wildman–Crippen LogP) is 2.45. The molecule has 0 saturated heterocycles. The van der Waals surface area contributed by atoms with E-state index in [0.29, 0.717) is 10.0 Å². The van der Waals surface area contributed by atoms with Crippen molar-refractivity contribution >= 4 is 47.6 Å². The first-order chi connectivity index (χ1) is 7.95. The Balaban J connectivity index is 0.00000289. The van der Waals surface area contributed by atoms with E-state index in [1.54, 1.807) is 18.2 Å². The van der Waals surface area contributed by atoms with Gasteiger partial charge in [0.25, 0.3) is 0 Å². The molecule has 0 bridgehead atoms. The predicted molar refractivity (Wildman–Crippen MR) is 75.6 cm³/mol. The van der Waals surface area contributed by atoms with E-state index in [9.17, 15) is 4.79 Å². The third-order valence-corrected chi connectivity index (χ3v) is 2.81. The second-order valence-electron chi connectivity index (χ2n) is 3.27. The van der Waals surface area contributed by atoms with Gasteiger partial charge in [-0.15, -0.1) is 12.4 Å². The molecule has 0 radical (unpaired) electrons. The summed E-state index contributed by atoms with van der Waals surface area (Å²) < 4.78 is 0. The molecule has 4 N–H and O–H groups in total.